The summed E-state index contributed by atoms with van der Waals surface area (Å²) in [4.78, 5) is 38.0. The van der Waals surface area contributed by atoms with Gasteiger partial charge in [0.15, 0.2) is 5.43 Å². The van der Waals surface area contributed by atoms with E-state index in [-0.39, 0.29) is 33.6 Å². The number of fused-ring (bicyclic) bond motifs is 1. The zero-order valence-electron chi connectivity index (χ0n) is 19.8. The highest BCUT2D eigenvalue weighted by Crippen LogP contribution is 2.24. The predicted molar refractivity (Wildman–Crippen MR) is 126 cm³/mol. The molecule has 2 aromatic carbocycles. The largest absolute Gasteiger partial charge is 0.463 e. The molecule has 1 N–H and O–H groups in total. The van der Waals surface area contributed by atoms with E-state index < -0.39 is 29.5 Å². The van der Waals surface area contributed by atoms with Gasteiger partial charge in [-0.1, -0.05) is 32.4 Å². The zero-order chi connectivity index (χ0) is 25.0. The minimum absolute atomic E-state index is 0.162. The number of esters is 1. The van der Waals surface area contributed by atoms with Gasteiger partial charge in [-0.15, -0.1) is 0 Å². The number of alkyl carbamates (subject to hydrolysis) is 1. The lowest BCUT2D eigenvalue weighted by atomic mass is 9.99. The smallest absolute Gasteiger partial charge is 0.408 e. The number of amides is 1. The highest BCUT2D eigenvalue weighted by molar-refractivity contribution is 5.86. The van der Waals surface area contributed by atoms with Crippen LogP contribution in [0, 0.1) is 11.7 Å². The fourth-order valence-corrected chi connectivity index (χ4v) is 3.28. The quantitative estimate of drug-likeness (QED) is 0.381. The summed E-state index contributed by atoms with van der Waals surface area (Å²) < 4.78 is 29.6. The topological polar surface area (TPSA) is 94.8 Å². The van der Waals surface area contributed by atoms with Crippen LogP contribution in [0.5, 0.6) is 5.75 Å². The molecule has 2 atom stereocenters. The molecule has 0 spiro atoms. The second-order valence-corrected chi connectivity index (χ2v) is 9.07. The highest BCUT2D eigenvalue weighted by atomic mass is 19.1. The van der Waals surface area contributed by atoms with Crippen LogP contribution in [-0.4, -0.2) is 23.7 Å². The van der Waals surface area contributed by atoms with Crippen molar-refractivity contribution in [2.75, 3.05) is 0 Å². The van der Waals surface area contributed by atoms with Gasteiger partial charge in [-0.05, 0) is 56.5 Å². The van der Waals surface area contributed by atoms with E-state index in [1.807, 2.05) is 13.8 Å². The van der Waals surface area contributed by atoms with Gasteiger partial charge in [0.2, 0.25) is 0 Å². The van der Waals surface area contributed by atoms with Crippen LogP contribution in [0.1, 0.15) is 41.0 Å². The summed E-state index contributed by atoms with van der Waals surface area (Å²) in [6, 6.07) is 9.00. The number of hydrogen-bond donors (Lipinski definition) is 1. The minimum atomic E-state index is -0.927. The van der Waals surface area contributed by atoms with Crippen molar-refractivity contribution >= 4 is 23.0 Å². The first-order chi connectivity index (χ1) is 16.0. The van der Waals surface area contributed by atoms with E-state index in [1.165, 1.54) is 48.7 Å². The molecule has 8 heteroatoms. The maximum atomic E-state index is 13.2. The first-order valence-electron chi connectivity index (χ1n) is 11.0. The van der Waals surface area contributed by atoms with Crippen molar-refractivity contribution in [1.82, 2.24) is 5.32 Å². The Kier molecular flexibility index (Phi) is 7.39. The van der Waals surface area contributed by atoms with E-state index in [0.717, 1.165) is 0 Å². The van der Waals surface area contributed by atoms with Crippen molar-refractivity contribution in [1.29, 1.82) is 0 Å². The van der Waals surface area contributed by atoms with Gasteiger partial charge in [-0.2, -0.15) is 0 Å². The van der Waals surface area contributed by atoms with Crippen LogP contribution in [0.25, 0.3) is 22.1 Å². The van der Waals surface area contributed by atoms with Crippen LogP contribution in [0.4, 0.5) is 9.18 Å². The van der Waals surface area contributed by atoms with Gasteiger partial charge >= 0.3 is 12.1 Å². The van der Waals surface area contributed by atoms with E-state index in [0.29, 0.717) is 12.0 Å². The first kappa shape index (κ1) is 25.0. The summed E-state index contributed by atoms with van der Waals surface area (Å²) in [5.41, 5.74) is 0.0281. The molecule has 2 unspecified atom stereocenters. The molecule has 1 aromatic heterocycles. The molecular weight excluding hydrogens is 441 g/mol. The number of hydrogen-bond acceptors (Lipinski definition) is 6. The molecule has 0 fully saturated rings. The maximum Gasteiger partial charge on any atom is 0.408 e. The average molecular weight is 470 g/mol. The van der Waals surface area contributed by atoms with Gasteiger partial charge in [0.25, 0.3) is 0 Å². The van der Waals surface area contributed by atoms with Gasteiger partial charge in [-0.3, -0.25) is 4.79 Å². The number of carbonyl (C=O) groups is 2. The molecule has 3 aromatic rings. The summed E-state index contributed by atoms with van der Waals surface area (Å²) in [7, 11) is 0. The molecule has 0 saturated carbocycles. The van der Waals surface area contributed by atoms with Crippen molar-refractivity contribution in [3.05, 3.63) is 64.8 Å². The lowest BCUT2D eigenvalue weighted by Crippen LogP contribution is -2.48. The van der Waals surface area contributed by atoms with Gasteiger partial charge in [0.05, 0.1) is 10.9 Å². The number of nitrogens with one attached hydrogen (secondary N) is 1. The van der Waals surface area contributed by atoms with Crippen LogP contribution in [-0.2, 0) is 9.53 Å². The SMILES string of the molecule is CCC(C)C(NC(=O)OC(C)(C)C)C(=O)Oc1ccc2c(=O)c(-c3ccc(F)cc3)coc2c1. The monoisotopic (exact) mass is 469 g/mol. The number of carbonyl (C=O) groups excluding carboxylic acids is 2. The Morgan fingerprint density at radius 3 is 2.41 bits per heavy atom. The Bertz CT molecular complexity index is 1240. The number of ether oxygens (including phenoxy) is 2. The summed E-state index contributed by atoms with van der Waals surface area (Å²) in [5, 5.41) is 2.87. The molecule has 1 amide bonds. The van der Waals surface area contributed by atoms with Crippen LogP contribution in [0.2, 0.25) is 0 Å². The molecule has 0 radical (unpaired) electrons. The standard InChI is InChI=1S/C26H28FNO6/c1-6-15(2)22(28-25(31)34-26(3,4)5)24(30)33-18-11-12-19-21(13-18)32-14-20(23(19)29)16-7-9-17(27)10-8-16/h7-15,22H,6H2,1-5H3,(H,28,31). The van der Waals surface area contributed by atoms with Gasteiger partial charge in [-0.25, -0.2) is 14.0 Å². The third-order valence-electron chi connectivity index (χ3n) is 5.26. The Morgan fingerprint density at radius 1 is 1.12 bits per heavy atom. The van der Waals surface area contributed by atoms with Crippen LogP contribution >= 0.6 is 0 Å². The molecular formula is C26H28FNO6. The van der Waals surface area contributed by atoms with Gasteiger partial charge < -0.3 is 19.2 Å². The Labute approximate surface area is 196 Å². The highest BCUT2D eigenvalue weighted by Gasteiger charge is 2.30. The van der Waals surface area contributed by atoms with Gasteiger partial charge in [0, 0.05) is 6.07 Å². The zero-order valence-corrected chi connectivity index (χ0v) is 19.8. The molecule has 0 bridgehead atoms. The molecule has 1 heterocycles. The molecule has 3 rings (SSSR count). The fraction of sp³-hybridized carbons (Fsp3) is 0.346. The van der Waals surface area contributed by atoms with Gasteiger partial charge in [0.1, 0.15) is 35.1 Å². The van der Waals surface area contributed by atoms with Crippen LogP contribution in [0.3, 0.4) is 0 Å². The third kappa shape index (κ3) is 6.01. The second kappa shape index (κ2) is 10.1. The maximum absolute atomic E-state index is 13.2. The summed E-state index contributed by atoms with van der Waals surface area (Å²) in [6.45, 7) is 8.90. The van der Waals surface area contributed by atoms with E-state index in [2.05, 4.69) is 5.32 Å². The molecule has 0 aliphatic rings. The van der Waals surface area contributed by atoms with E-state index in [4.69, 9.17) is 13.9 Å². The summed E-state index contributed by atoms with van der Waals surface area (Å²) in [6.07, 6.45) is 1.19. The van der Waals surface area contributed by atoms with E-state index in [1.54, 1.807) is 20.8 Å². The van der Waals surface area contributed by atoms with E-state index in [9.17, 15) is 18.8 Å². The summed E-state index contributed by atoms with van der Waals surface area (Å²) >= 11 is 0. The Morgan fingerprint density at radius 2 is 1.79 bits per heavy atom. The first-order valence-corrected chi connectivity index (χ1v) is 11.0. The van der Waals surface area contributed by atoms with Crippen molar-refractivity contribution in [3.63, 3.8) is 0 Å². The molecule has 0 aliphatic heterocycles. The number of benzene rings is 2. The molecule has 0 aliphatic carbocycles. The van der Waals surface area contributed by atoms with Crippen LogP contribution < -0.4 is 15.5 Å². The molecule has 34 heavy (non-hydrogen) atoms. The van der Waals surface area contributed by atoms with Crippen molar-refractivity contribution in [2.24, 2.45) is 5.92 Å². The predicted octanol–water partition coefficient (Wildman–Crippen LogP) is 5.44. The summed E-state index contributed by atoms with van der Waals surface area (Å²) in [5.74, 6) is -1.12. The Hall–Kier alpha value is -3.68. The lowest BCUT2D eigenvalue weighted by Gasteiger charge is -2.25. The average Bonchev–Trinajstić information content (AvgIpc) is 2.76. The second-order valence-electron chi connectivity index (χ2n) is 9.07. The molecule has 180 valence electrons. The van der Waals surface area contributed by atoms with Crippen molar-refractivity contribution < 1.29 is 27.9 Å². The normalized spacial score (nSPS) is 13.2. The lowest BCUT2D eigenvalue weighted by molar-refractivity contribution is -0.138. The van der Waals surface area contributed by atoms with Crippen LogP contribution in [0.15, 0.2) is 57.9 Å². The number of halogens is 1. The van der Waals surface area contributed by atoms with Crippen molar-refractivity contribution in [3.8, 4) is 16.9 Å². The Balaban J connectivity index is 1.83. The molecule has 0 saturated heterocycles. The molecule has 7 nitrogen and oxygen atoms in total. The fourth-order valence-electron chi connectivity index (χ4n) is 3.28. The third-order valence-corrected chi connectivity index (χ3v) is 5.26. The van der Waals surface area contributed by atoms with Crippen molar-refractivity contribution in [2.45, 2.75) is 52.7 Å². The van der Waals surface area contributed by atoms with E-state index >= 15 is 0 Å². The minimum Gasteiger partial charge on any atom is -0.463 e. The number of rotatable bonds is 6.